The molecule has 1 aromatic carbocycles. The van der Waals surface area contributed by atoms with Gasteiger partial charge in [0, 0.05) is 0 Å². The van der Waals surface area contributed by atoms with Crippen LogP contribution >= 0.6 is 7.87 Å². The first kappa shape index (κ1) is 20.3. The fourth-order valence-corrected chi connectivity index (χ4v) is 3.08. The molecular weight excluding hydrogens is 335 g/mol. The second kappa shape index (κ2) is 9.54. The Kier molecular flexibility index (Phi) is 8.07. The van der Waals surface area contributed by atoms with Gasteiger partial charge >= 0.3 is 12.1 Å². The summed E-state index contributed by atoms with van der Waals surface area (Å²) in [5.74, 6) is -2.41. The van der Waals surface area contributed by atoms with E-state index in [1.165, 1.54) is 6.92 Å². The summed E-state index contributed by atoms with van der Waals surface area (Å²) in [6, 6.07) is 7.81. The Bertz CT molecular complexity index is 540. The van der Waals surface area contributed by atoms with E-state index in [0.717, 1.165) is 5.56 Å². The molecule has 0 aliphatic heterocycles. The number of ether oxygens (including phenoxy) is 1. The van der Waals surface area contributed by atoms with E-state index >= 15 is 0 Å². The van der Waals surface area contributed by atoms with Crippen molar-refractivity contribution in [3.63, 3.8) is 0 Å². The highest BCUT2D eigenvalue weighted by molar-refractivity contribution is 7.61. The smallest absolute Gasteiger partial charge is 0.410 e. The number of rotatable bonds is 9. The Morgan fingerprint density at radius 1 is 1.33 bits per heavy atom. The van der Waals surface area contributed by atoms with E-state index in [1.807, 2.05) is 6.07 Å². The molecule has 4 N–H and O–H groups in total. The maximum Gasteiger partial charge on any atom is 0.410 e. The van der Waals surface area contributed by atoms with Crippen molar-refractivity contribution in [3.05, 3.63) is 35.9 Å². The summed E-state index contributed by atoms with van der Waals surface area (Å²) in [6.45, 7) is 3.10. The van der Waals surface area contributed by atoms with E-state index in [0.29, 0.717) is 6.42 Å². The van der Waals surface area contributed by atoms with Gasteiger partial charge in [0.1, 0.15) is 12.6 Å². The molecule has 24 heavy (non-hydrogen) atoms. The lowest BCUT2D eigenvalue weighted by atomic mass is 10.2. The molecule has 8 nitrogen and oxygen atoms in total. The lowest BCUT2D eigenvalue weighted by molar-refractivity contribution is -0.195. The molecule has 1 rings (SSSR count). The normalized spacial score (nSPS) is 15.8. The quantitative estimate of drug-likeness (QED) is 0.488. The first-order valence-corrected chi connectivity index (χ1v) is 9.29. The van der Waals surface area contributed by atoms with Crippen molar-refractivity contribution >= 4 is 19.9 Å². The van der Waals surface area contributed by atoms with Crippen molar-refractivity contribution in [1.82, 2.24) is 10.4 Å². The van der Waals surface area contributed by atoms with Crippen LogP contribution in [0.3, 0.4) is 0 Å². The summed E-state index contributed by atoms with van der Waals surface area (Å²) < 4.78 is 4.97. The zero-order valence-corrected chi connectivity index (χ0v) is 14.5. The third-order valence-electron chi connectivity index (χ3n) is 3.28. The Balaban J connectivity index is 2.52. The molecule has 0 saturated heterocycles. The van der Waals surface area contributed by atoms with Crippen molar-refractivity contribution in [3.8, 4) is 0 Å². The first-order valence-electron chi connectivity index (χ1n) is 7.56. The SMILES string of the molecule is CCCC(N[P+]([O-])(O)C(C)NC(=O)OCc1ccccc1)C(=O)O. The van der Waals surface area contributed by atoms with Crippen LogP contribution in [0.15, 0.2) is 30.3 Å². The molecule has 134 valence electrons. The fourth-order valence-electron chi connectivity index (χ4n) is 1.89. The van der Waals surface area contributed by atoms with Crippen molar-refractivity contribution in [2.75, 3.05) is 0 Å². The van der Waals surface area contributed by atoms with Gasteiger partial charge in [0.25, 0.3) is 0 Å². The molecule has 0 bridgehead atoms. The number of carboxylic acids is 1. The highest BCUT2D eigenvalue weighted by Crippen LogP contribution is 2.45. The van der Waals surface area contributed by atoms with Gasteiger partial charge in [0.2, 0.25) is 0 Å². The van der Waals surface area contributed by atoms with Gasteiger partial charge in [0.05, 0.1) is 0 Å². The Hall–Kier alpha value is -1.73. The van der Waals surface area contributed by atoms with Crippen LogP contribution in [0.4, 0.5) is 4.79 Å². The lowest BCUT2D eigenvalue weighted by Gasteiger charge is -2.32. The number of carbonyl (C=O) groups is 2. The van der Waals surface area contributed by atoms with Crippen LogP contribution in [-0.4, -0.2) is 33.9 Å². The average Bonchev–Trinajstić information content (AvgIpc) is 2.53. The van der Waals surface area contributed by atoms with Crippen molar-refractivity contribution in [1.29, 1.82) is 0 Å². The predicted octanol–water partition coefficient (Wildman–Crippen LogP) is 1.22. The zero-order valence-electron chi connectivity index (χ0n) is 13.6. The number of alkyl carbamates (subject to hydrolysis) is 1. The van der Waals surface area contributed by atoms with Gasteiger partial charge in [-0.3, -0.25) is 10.1 Å². The van der Waals surface area contributed by atoms with Gasteiger partial charge in [-0.1, -0.05) is 43.7 Å². The molecule has 1 amide bonds. The van der Waals surface area contributed by atoms with E-state index in [-0.39, 0.29) is 13.0 Å². The maximum atomic E-state index is 12.2. The summed E-state index contributed by atoms with van der Waals surface area (Å²) in [7, 11) is -4.12. The van der Waals surface area contributed by atoms with E-state index < -0.39 is 31.8 Å². The maximum absolute atomic E-state index is 12.2. The summed E-state index contributed by atoms with van der Waals surface area (Å²) in [5, 5.41) is 13.5. The second-order valence-electron chi connectivity index (χ2n) is 5.31. The van der Waals surface area contributed by atoms with Gasteiger partial charge in [-0.25, -0.2) is 9.69 Å². The minimum atomic E-state index is -4.12. The molecule has 3 atom stereocenters. The number of amides is 1. The minimum Gasteiger partial charge on any atom is -0.640 e. The predicted molar refractivity (Wildman–Crippen MR) is 87.8 cm³/mol. The van der Waals surface area contributed by atoms with Crippen molar-refractivity contribution < 1.29 is 29.2 Å². The van der Waals surface area contributed by atoms with E-state index in [2.05, 4.69) is 10.4 Å². The first-order chi connectivity index (χ1) is 11.3. The molecule has 0 fully saturated rings. The van der Waals surface area contributed by atoms with E-state index in [1.54, 1.807) is 31.2 Å². The third kappa shape index (κ3) is 6.80. The van der Waals surface area contributed by atoms with E-state index in [9.17, 15) is 19.4 Å². The molecule has 0 radical (unpaired) electrons. The van der Waals surface area contributed by atoms with Crippen LogP contribution in [0, 0.1) is 0 Å². The standard InChI is InChI=1S/C15H23N2O6P/c1-3-7-13(14(18)19)17-24(21,22)11(2)16-15(20)23-10-12-8-5-4-6-9-12/h4-6,8-9,11,13H,3,7,10H2,1-2H3,(H,16,20)(H,18,19)(H2,17,21,22). The molecule has 0 saturated carbocycles. The van der Waals surface area contributed by atoms with Crippen LogP contribution in [0.25, 0.3) is 0 Å². The molecule has 1 aromatic rings. The van der Waals surface area contributed by atoms with Gasteiger partial charge < -0.3 is 14.7 Å². The van der Waals surface area contributed by atoms with Crippen molar-refractivity contribution in [2.45, 2.75) is 45.1 Å². The number of aliphatic carboxylic acids is 1. The van der Waals surface area contributed by atoms with Gasteiger partial charge in [-0.2, -0.15) is 5.09 Å². The summed E-state index contributed by atoms with van der Waals surface area (Å²) >= 11 is 0. The van der Waals surface area contributed by atoms with E-state index in [4.69, 9.17) is 9.84 Å². The molecule has 3 unspecified atom stereocenters. The Morgan fingerprint density at radius 2 is 1.96 bits per heavy atom. The molecule has 0 spiro atoms. The highest BCUT2D eigenvalue weighted by Gasteiger charge is 2.37. The highest BCUT2D eigenvalue weighted by atomic mass is 31.2. The number of carboxylic acid groups (broad SMARTS) is 1. The number of hydrogen-bond donors (Lipinski definition) is 4. The van der Waals surface area contributed by atoms with Crippen molar-refractivity contribution in [2.24, 2.45) is 0 Å². The van der Waals surface area contributed by atoms with Crippen LogP contribution in [0.2, 0.25) is 0 Å². The molecule has 0 aliphatic carbocycles. The van der Waals surface area contributed by atoms with Gasteiger partial charge in [-0.15, -0.1) is 0 Å². The second-order valence-corrected chi connectivity index (χ2v) is 7.59. The van der Waals surface area contributed by atoms with Crippen LogP contribution in [0.1, 0.15) is 32.3 Å². The number of benzene rings is 1. The fraction of sp³-hybridized carbons (Fsp3) is 0.467. The number of nitrogens with one attached hydrogen (secondary N) is 2. The topological polar surface area (TPSA) is 131 Å². The molecular formula is C15H23N2O6P. The zero-order chi connectivity index (χ0) is 18.2. The Labute approximate surface area is 141 Å². The molecule has 0 aromatic heterocycles. The number of hydrogen-bond acceptors (Lipinski definition) is 6. The minimum absolute atomic E-state index is 0.0239. The third-order valence-corrected chi connectivity index (χ3v) is 5.14. The van der Waals surface area contributed by atoms with Crippen LogP contribution < -0.4 is 15.3 Å². The summed E-state index contributed by atoms with van der Waals surface area (Å²) in [5.41, 5.74) is 0.777. The van der Waals surface area contributed by atoms with Gasteiger partial charge in [-0.05, 0) is 18.9 Å². The lowest BCUT2D eigenvalue weighted by Crippen LogP contribution is -2.48. The number of carbonyl (C=O) groups excluding carboxylic acids is 1. The average molecular weight is 358 g/mol. The summed E-state index contributed by atoms with van der Waals surface area (Å²) in [4.78, 5) is 45.0. The Morgan fingerprint density at radius 3 is 2.50 bits per heavy atom. The molecule has 0 aliphatic rings. The van der Waals surface area contributed by atoms with Crippen LogP contribution in [0.5, 0.6) is 0 Å². The van der Waals surface area contributed by atoms with Crippen LogP contribution in [-0.2, 0) is 16.1 Å². The molecule has 0 heterocycles. The van der Waals surface area contributed by atoms with Gasteiger partial charge in [0.15, 0.2) is 13.7 Å². The summed E-state index contributed by atoms with van der Waals surface area (Å²) in [6.07, 6.45) is -0.125. The monoisotopic (exact) mass is 358 g/mol. The largest absolute Gasteiger partial charge is 0.640 e. The molecule has 9 heteroatoms.